The molecule has 2 aromatic carbocycles. The molecule has 1 atom stereocenters. The minimum atomic E-state index is -1.90. The lowest BCUT2D eigenvalue weighted by atomic mass is 10.1. The third kappa shape index (κ3) is 4.34. The van der Waals surface area contributed by atoms with E-state index in [1.807, 2.05) is 48.5 Å². The Morgan fingerprint density at radius 1 is 1.13 bits per heavy atom. The normalized spacial score (nSPS) is 13.1. The largest absolute Gasteiger partial charge is 0.478 e. The average Bonchev–Trinajstić information content (AvgIpc) is 2.55. The van der Waals surface area contributed by atoms with Gasteiger partial charge in [0.2, 0.25) is 10.9 Å². The number of nitrogens with two attached hydrogens (primary N) is 1. The highest BCUT2D eigenvalue weighted by atomic mass is 32.2. The van der Waals surface area contributed by atoms with Gasteiger partial charge in [-0.15, -0.1) is 0 Å². The number of carboxylic acids is 1. The van der Waals surface area contributed by atoms with E-state index in [2.05, 4.69) is 5.32 Å². The molecule has 0 fully saturated rings. The second-order valence-electron chi connectivity index (χ2n) is 4.94. The van der Waals surface area contributed by atoms with Gasteiger partial charge in [0.15, 0.2) is 0 Å². The van der Waals surface area contributed by atoms with Crippen molar-refractivity contribution in [2.75, 3.05) is 0 Å². The number of rotatable bonds is 6. The van der Waals surface area contributed by atoms with E-state index < -0.39 is 16.9 Å². The average molecular weight is 330 g/mol. The number of aliphatic carboxylic acids is 1. The van der Waals surface area contributed by atoms with E-state index in [0.717, 1.165) is 22.9 Å². The van der Waals surface area contributed by atoms with Gasteiger partial charge in [0, 0.05) is 11.3 Å². The van der Waals surface area contributed by atoms with Crippen LogP contribution in [0.15, 0.2) is 59.5 Å². The Bertz CT molecular complexity index is 706. The second kappa shape index (κ2) is 7.30. The lowest BCUT2D eigenvalue weighted by Gasteiger charge is -2.25. The van der Waals surface area contributed by atoms with Crippen LogP contribution in [0.3, 0.4) is 0 Å². The van der Waals surface area contributed by atoms with E-state index in [1.165, 1.54) is 0 Å². The molecule has 0 aliphatic carbocycles. The number of carboxylic acid groups (broad SMARTS) is 1. The monoisotopic (exact) mass is 330 g/mol. The van der Waals surface area contributed by atoms with Gasteiger partial charge >= 0.3 is 5.97 Å². The Morgan fingerprint density at radius 2 is 1.78 bits per heavy atom. The lowest BCUT2D eigenvalue weighted by molar-refractivity contribution is -0.143. The van der Waals surface area contributed by atoms with Crippen LogP contribution in [0.25, 0.3) is 11.1 Å². The second-order valence-corrected chi connectivity index (χ2v) is 6.26. The van der Waals surface area contributed by atoms with Crippen molar-refractivity contribution in [3.63, 3.8) is 0 Å². The summed E-state index contributed by atoms with van der Waals surface area (Å²) in [6.45, 7) is 1.64. The van der Waals surface area contributed by atoms with Crippen LogP contribution < -0.4 is 11.1 Å². The molecular weight excluding hydrogens is 312 g/mol. The Labute approximate surface area is 138 Å². The standard InChI is InChI=1S/C17H18N2O3S/c1-2-15(20)19-17(18,16(21)22)23-14-10-6-9-13(11-14)12-7-4-3-5-8-12/h3-11H,2,18H2,1H3,(H,19,20)(H,21,22)/t17-/m0/s1. The number of hydrogen-bond donors (Lipinski definition) is 3. The van der Waals surface area contributed by atoms with Crippen molar-refractivity contribution in [1.82, 2.24) is 5.32 Å². The van der Waals surface area contributed by atoms with Gasteiger partial charge in [0.05, 0.1) is 0 Å². The zero-order valence-corrected chi connectivity index (χ0v) is 13.5. The minimum absolute atomic E-state index is 0.164. The van der Waals surface area contributed by atoms with Crippen LogP contribution in [0.4, 0.5) is 0 Å². The summed E-state index contributed by atoms with van der Waals surface area (Å²) in [7, 11) is 0. The summed E-state index contributed by atoms with van der Waals surface area (Å²) in [6, 6.07) is 17.1. The molecule has 5 nitrogen and oxygen atoms in total. The smallest absolute Gasteiger partial charge is 0.356 e. The van der Waals surface area contributed by atoms with Crippen LogP contribution >= 0.6 is 11.8 Å². The van der Waals surface area contributed by atoms with Crippen molar-refractivity contribution < 1.29 is 14.7 Å². The summed E-state index contributed by atoms with van der Waals surface area (Å²) in [5.74, 6) is -1.71. The van der Waals surface area contributed by atoms with Gasteiger partial charge in [-0.3, -0.25) is 10.5 Å². The van der Waals surface area contributed by atoms with Gasteiger partial charge in [-0.2, -0.15) is 0 Å². The first-order chi connectivity index (χ1) is 10.9. The summed E-state index contributed by atoms with van der Waals surface area (Å²) in [5, 5.41) is 11.7. The first-order valence-electron chi connectivity index (χ1n) is 7.12. The molecule has 0 radical (unpaired) electrons. The first kappa shape index (κ1) is 17.1. The van der Waals surface area contributed by atoms with Gasteiger partial charge in [0.1, 0.15) is 0 Å². The zero-order chi connectivity index (χ0) is 16.9. The van der Waals surface area contributed by atoms with Gasteiger partial charge in [0.25, 0.3) is 0 Å². The summed E-state index contributed by atoms with van der Waals surface area (Å²) in [4.78, 5) is 21.8. The topological polar surface area (TPSA) is 92.4 Å². The van der Waals surface area contributed by atoms with Crippen molar-refractivity contribution >= 4 is 23.6 Å². The summed E-state index contributed by atoms with van der Waals surface area (Å²) in [5.41, 5.74) is 7.84. The fraction of sp³-hybridized carbons (Fsp3) is 0.176. The van der Waals surface area contributed by atoms with Crippen molar-refractivity contribution in [3.8, 4) is 11.1 Å². The Hall–Kier alpha value is -2.31. The molecule has 23 heavy (non-hydrogen) atoms. The third-order valence-corrected chi connectivity index (χ3v) is 4.27. The van der Waals surface area contributed by atoms with E-state index in [9.17, 15) is 14.7 Å². The predicted molar refractivity (Wildman–Crippen MR) is 90.7 cm³/mol. The molecule has 0 aliphatic heterocycles. The zero-order valence-electron chi connectivity index (χ0n) is 12.7. The maximum atomic E-state index is 11.5. The molecule has 0 heterocycles. The molecule has 0 bridgehead atoms. The number of carbonyl (C=O) groups is 2. The van der Waals surface area contributed by atoms with Crippen LogP contribution in [0, 0.1) is 0 Å². The van der Waals surface area contributed by atoms with Crippen LogP contribution in [0.1, 0.15) is 13.3 Å². The van der Waals surface area contributed by atoms with Crippen LogP contribution in [0.5, 0.6) is 0 Å². The molecule has 2 aromatic rings. The maximum absolute atomic E-state index is 11.5. The van der Waals surface area contributed by atoms with Crippen molar-refractivity contribution in [3.05, 3.63) is 54.6 Å². The molecule has 1 amide bonds. The Kier molecular flexibility index (Phi) is 5.41. The van der Waals surface area contributed by atoms with E-state index in [4.69, 9.17) is 5.73 Å². The molecule has 0 spiro atoms. The molecule has 4 N–H and O–H groups in total. The predicted octanol–water partition coefficient (Wildman–Crippen LogP) is 2.67. The van der Waals surface area contributed by atoms with Gasteiger partial charge < -0.3 is 10.4 Å². The molecular formula is C17H18N2O3S. The van der Waals surface area contributed by atoms with E-state index in [1.54, 1.807) is 13.0 Å². The molecule has 0 unspecified atom stereocenters. The summed E-state index contributed by atoms with van der Waals surface area (Å²) < 4.78 is 0. The fourth-order valence-electron chi connectivity index (χ4n) is 1.97. The third-order valence-electron chi connectivity index (χ3n) is 3.18. The van der Waals surface area contributed by atoms with Gasteiger partial charge in [-0.25, -0.2) is 4.79 Å². The lowest BCUT2D eigenvalue weighted by Crippen LogP contribution is -2.58. The molecule has 120 valence electrons. The highest BCUT2D eigenvalue weighted by Crippen LogP contribution is 2.31. The first-order valence-corrected chi connectivity index (χ1v) is 7.94. The number of carbonyl (C=O) groups excluding carboxylic acids is 1. The van der Waals surface area contributed by atoms with Crippen molar-refractivity contribution in [1.29, 1.82) is 0 Å². The van der Waals surface area contributed by atoms with Crippen LogP contribution in [0.2, 0.25) is 0 Å². The molecule has 2 rings (SSSR count). The molecule has 0 saturated heterocycles. The highest BCUT2D eigenvalue weighted by Gasteiger charge is 2.37. The van der Waals surface area contributed by atoms with Crippen molar-refractivity contribution in [2.24, 2.45) is 5.73 Å². The molecule has 0 aliphatic rings. The molecule has 0 saturated carbocycles. The molecule has 0 aromatic heterocycles. The minimum Gasteiger partial charge on any atom is -0.478 e. The van der Waals surface area contributed by atoms with Crippen LogP contribution in [-0.2, 0) is 9.59 Å². The maximum Gasteiger partial charge on any atom is 0.356 e. The SMILES string of the molecule is CCC(=O)N[C@](N)(Sc1cccc(-c2ccccc2)c1)C(=O)O. The number of amides is 1. The Balaban J connectivity index is 2.27. The number of benzene rings is 2. The summed E-state index contributed by atoms with van der Waals surface area (Å²) >= 11 is 0.898. The highest BCUT2D eigenvalue weighted by molar-refractivity contribution is 8.01. The molecule has 6 heteroatoms. The fourth-order valence-corrected chi connectivity index (χ4v) is 2.93. The van der Waals surface area contributed by atoms with E-state index >= 15 is 0 Å². The van der Waals surface area contributed by atoms with Gasteiger partial charge in [-0.1, -0.05) is 61.2 Å². The number of nitrogens with one attached hydrogen (secondary N) is 1. The van der Waals surface area contributed by atoms with Crippen molar-refractivity contribution in [2.45, 2.75) is 23.2 Å². The summed E-state index contributed by atoms with van der Waals surface area (Å²) in [6.07, 6.45) is 0.164. The van der Waals surface area contributed by atoms with Gasteiger partial charge in [-0.05, 0) is 23.3 Å². The van der Waals surface area contributed by atoms with E-state index in [-0.39, 0.29) is 6.42 Å². The Morgan fingerprint density at radius 3 is 2.39 bits per heavy atom. The number of thioether (sulfide) groups is 1. The van der Waals surface area contributed by atoms with E-state index in [0.29, 0.717) is 4.90 Å². The number of hydrogen-bond acceptors (Lipinski definition) is 4. The van der Waals surface area contributed by atoms with Crippen LogP contribution in [-0.4, -0.2) is 22.0 Å². The quantitative estimate of drug-likeness (QED) is 0.559.